The molecule has 1 aromatic rings. The van der Waals surface area contributed by atoms with Crippen molar-refractivity contribution in [2.45, 2.75) is 52.5 Å². The molecule has 0 aliphatic carbocycles. The topological polar surface area (TPSA) is 41.5 Å². The first-order valence-electron chi connectivity index (χ1n) is 7.56. The highest BCUT2D eigenvalue weighted by atomic mass is 16.5. The molecule has 0 amide bonds. The van der Waals surface area contributed by atoms with Crippen LogP contribution >= 0.6 is 0 Å². The maximum Gasteiger partial charge on any atom is 0.119 e. The van der Waals surface area contributed by atoms with Crippen molar-refractivity contribution in [2.75, 3.05) is 19.8 Å². The average Bonchev–Trinajstić information content (AvgIpc) is 2.40. The number of aryl methyl sites for hydroxylation is 2. The second-order valence-electron chi connectivity index (χ2n) is 5.92. The number of hydrogen-bond donors (Lipinski definition) is 2. The zero-order valence-corrected chi connectivity index (χ0v) is 13.3. The molecule has 1 unspecified atom stereocenters. The Labute approximate surface area is 123 Å². The molecule has 1 rings (SSSR count). The summed E-state index contributed by atoms with van der Waals surface area (Å²) >= 11 is 0. The second-order valence-corrected chi connectivity index (χ2v) is 5.92. The predicted molar refractivity (Wildman–Crippen MR) is 84.4 cm³/mol. The molecule has 20 heavy (non-hydrogen) atoms. The lowest BCUT2D eigenvalue weighted by atomic mass is 9.97. The lowest BCUT2D eigenvalue weighted by Crippen LogP contribution is -2.46. The third-order valence-corrected chi connectivity index (χ3v) is 3.49. The molecule has 3 nitrogen and oxygen atoms in total. The maximum atomic E-state index is 9.50. The van der Waals surface area contributed by atoms with E-state index in [1.54, 1.807) is 0 Å². The SMILES string of the molecule is CCCNC(C)(CO)CCCOc1cc(C)cc(C)c1. The largest absolute Gasteiger partial charge is 0.494 e. The van der Waals surface area contributed by atoms with Gasteiger partial charge < -0.3 is 15.2 Å². The van der Waals surface area contributed by atoms with Gasteiger partial charge in [0, 0.05) is 5.54 Å². The van der Waals surface area contributed by atoms with Gasteiger partial charge in [-0.1, -0.05) is 13.0 Å². The van der Waals surface area contributed by atoms with Gasteiger partial charge in [-0.05, 0) is 69.8 Å². The van der Waals surface area contributed by atoms with Crippen LogP contribution in [-0.4, -0.2) is 30.4 Å². The Bertz CT molecular complexity index is 386. The van der Waals surface area contributed by atoms with Crippen molar-refractivity contribution in [3.63, 3.8) is 0 Å². The highest BCUT2D eigenvalue weighted by Gasteiger charge is 2.21. The van der Waals surface area contributed by atoms with E-state index in [4.69, 9.17) is 4.74 Å². The summed E-state index contributed by atoms with van der Waals surface area (Å²) in [5, 5.41) is 12.9. The molecule has 0 heterocycles. The first-order chi connectivity index (χ1) is 9.49. The van der Waals surface area contributed by atoms with E-state index in [1.165, 1.54) is 11.1 Å². The normalized spacial score (nSPS) is 14.1. The molecule has 1 aromatic carbocycles. The molecular formula is C17H29NO2. The van der Waals surface area contributed by atoms with Gasteiger partial charge in [0.05, 0.1) is 13.2 Å². The number of rotatable bonds is 9. The number of aliphatic hydroxyl groups excluding tert-OH is 1. The number of aliphatic hydroxyl groups is 1. The zero-order chi connectivity index (χ0) is 15.0. The summed E-state index contributed by atoms with van der Waals surface area (Å²) in [7, 11) is 0. The standard InChI is InChI=1S/C17H29NO2/c1-5-8-18-17(4,13-19)7-6-9-20-16-11-14(2)10-15(3)12-16/h10-12,18-19H,5-9,13H2,1-4H3. The molecule has 0 spiro atoms. The molecule has 0 saturated carbocycles. The Morgan fingerprint density at radius 1 is 1.20 bits per heavy atom. The molecular weight excluding hydrogens is 250 g/mol. The molecule has 0 aliphatic heterocycles. The summed E-state index contributed by atoms with van der Waals surface area (Å²) in [5.41, 5.74) is 2.26. The Balaban J connectivity index is 2.36. The highest BCUT2D eigenvalue weighted by Crippen LogP contribution is 2.17. The Kier molecular flexibility index (Phi) is 7.03. The van der Waals surface area contributed by atoms with Crippen LogP contribution in [0.15, 0.2) is 18.2 Å². The van der Waals surface area contributed by atoms with Gasteiger partial charge in [0.2, 0.25) is 0 Å². The summed E-state index contributed by atoms with van der Waals surface area (Å²) in [6.45, 7) is 10.2. The Morgan fingerprint density at radius 3 is 2.40 bits per heavy atom. The monoisotopic (exact) mass is 279 g/mol. The Hall–Kier alpha value is -1.06. The van der Waals surface area contributed by atoms with Crippen LogP contribution in [0.25, 0.3) is 0 Å². The fraction of sp³-hybridized carbons (Fsp3) is 0.647. The highest BCUT2D eigenvalue weighted by molar-refractivity contribution is 5.32. The molecule has 0 saturated heterocycles. The Morgan fingerprint density at radius 2 is 1.85 bits per heavy atom. The smallest absolute Gasteiger partial charge is 0.119 e. The lowest BCUT2D eigenvalue weighted by Gasteiger charge is -2.28. The quantitative estimate of drug-likeness (QED) is 0.682. The van der Waals surface area contributed by atoms with Crippen molar-refractivity contribution in [1.82, 2.24) is 5.32 Å². The van der Waals surface area contributed by atoms with Crippen molar-refractivity contribution in [3.05, 3.63) is 29.3 Å². The summed E-state index contributed by atoms with van der Waals surface area (Å²) in [5.74, 6) is 0.940. The third kappa shape index (κ3) is 5.93. The fourth-order valence-electron chi connectivity index (χ4n) is 2.32. The zero-order valence-electron chi connectivity index (χ0n) is 13.3. The van der Waals surface area contributed by atoms with Gasteiger partial charge in [-0.15, -0.1) is 0 Å². The third-order valence-electron chi connectivity index (χ3n) is 3.49. The van der Waals surface area contributed by atoms with Gasteiger partial charge in [0.15, 0.2) is 0 Å². The number of ether oxygens (including phenoxy) is 1. The van der Waals surface area contributed by atoms with E-state index in [2.05, 4.69) is 51.2 Å². The molecule has 0 aromatic heterocycles. The van der Waals surface area contributed by atoms with E-state index in [-0.39, 0.29) is 12.1 Å². The minimum Gasteiger partial charge on any atom is -0.494 e. The number of nitrogens with one attached hydrogen (secondary N) is 1. The summed E-state index contributed by atoms with van der Waals surface area (Å²) in [6.07, 6.45) is 2.92. The van der Waals surface area contributed by atoms with Crippen molar-refractivity contribution in [3.8, 4) is 5.75 Å². The minimum absolute atomic E-state index is 0.163. The first-order valence-corrected chi connectivity index (χ1v) is 7.56. The first kappa shape index (κ1) is 17.0. The molecule has 114 valence electrons. The van der Waals surface area contributed by atoms with Gasteiger partial charge >= 0.3 is 0 Å². The second kappa shape index (κ2) is 8.28. The molecule has 3 heteroatoms. The van der Waals surface area contributed by atoms with E-state index in [0.717, 1.165) is 31.6 Å². The van der Waals surface area contributed by atoms with Crippen LogP contribution in [0.1, 0.15) is 44.2 Å². The molecule has 0 aliphatic rings. The average molecular weight is 279 g/mol. The van der Waals surface area contributed by atoms with Crippen LogP contribution in [0.5, 0.6) is 5.75 Å². The predicted octanol–water partition coefficient (Wildman–Crippen LogP) is 3.21. The van der Waals surface area contributed by atoms with Crippen LogP contribution < -0.4 is 10.1 Å². The van der Waals surface area contributed by atoms with Crippen molar-refractivity contribution >= 4 is 0 Å². The number of hydrogen-bond acceptors (Lipinski definition) is 3. The van der Waals surface area contributed by atoms with Crippen LogP contribution in [0, 0.1) is 13.8 Å². The molecule has 1 atom stereocenters. The number of benzene rings is 1. The van der Waals surface area contributed by atoms with Crippen LogP contribution in [-0.2, 0) is 0 Å². The van der Waals surface area contributed by atoms with Gasteiger partial charge in [-0.2, -0.15) is 0 Å². The van der Waals surface area contributed by atoms with E-state index in [9.17, 15) is 5.11 Å². The summed E-state index contributed by atoms with van der Waals surface area (Å²) < 4.78 is 5.80. The maximum absolute atomic E-state index is 9.50. The molecule has 2 N–H and O–H groups in total. The summed E-state index contributed by atoms with van der Waals surface area (Å²) in [6, 6.07) is 6.27. The minimum atomic E-state index is -0.193. The van der Waals surface area contributed by atoms with Crippen molar-refractivity contribution in [1.29, 1.82) is 0 Å². The van der Waals surface area contributed by atoms with E-state index >= 15 is 0 Å². The summed E-state index contributed by atoms with van der Waals surface area (Å²) in [4.78, 5) is 0. The molecule has 0 radical (unpaired) electrons. The van der Waals surface area contributed by atoms with E-state index in [0.29, 0.717) is 6.61 Å². The van der Waals surface area contributed by atoms with Gasteiger partial charge in [-0.25, -0.2) is 0 Å². The van der Waals surface area contributed by atoms with Crippen molar-refractivity contribution in [2.24, 2.45) is 0 Å². The van der Waals surface area contributed by atoms with E-state index in [1.807, 2.05) is 0 Å². The van der Waals surface area contributed by atoms with Crippen molar-refractivity contribution < 1.29 is 9.84 Å². The molecule has 0 bridgehead atoms. The van der Waals surface area contributed by atoms with E-state index < -0.39 is 0 Å². The van der Waals surface area contributed by atoms with Gasteiger partial charge in [0.25, 0.3) is 0 Å². The van der Waals surface area contributed by atoms with Crippen LogP contribution in [0.3, 0.4) is 0 Å². The molecule has 0 fully saturated rings. The fourth-order valence-corrected chi connectivity index (χ4v) is 2.32. The van der Waals surface area contributed by atoms with Gasteiger partial charge in [0.1, 0.15) is 5.75 Å². The van der Waals surface area contributed by atoms with Crippen LogP contribution in [0.4, 0.5) is 0 Å². The lowest BCUT2D eigenvalue weighted by molar-refractivity contribution is 0.156. The van der Waals surface area contributed by atoms with Crippen LogP contribution in [0.2, 0.25) is 0 Å². The van der Waals surface area contributed by atoms with Gasteiger partial charge in [-0.3, -0.25) is 0 Å².